The lowest BCUT2D eigenvalue weighted by atomic mass is 10.2. The van der Waals surface area contributed by atoms with Gasteiger partial charge in [-0.2, -0.15) is 0 Å². The zero-order valence-corrected chi connectivity index (χ0v) is 12.3. The molecule has 8 heteroatoms. The van der Waals surface area contributed by atoms with Crippen molar-refractivity contribution in [3.63, 3.8) is 0 Å². The van der Waals surface area contributed by atoms with Gasteiger partial charge >= 0.3 is 5.97 Å². The Kier molecular flexibility index (Phi) is 4.24. The summed E-state index contributed by atoms with van der Waals surface area (Å²) in [6, 6.07) is 3.88. The van der Waals surface area contributed by atoms with E-state index in [1.165, 1.54) is 12.1 Å². The van der Waals surface area contributed by atoms with Crippen LogP contribution in [0.15, 0.2) is 27.6 Å². The molecular formula is C11H12BrNO5S. The van der Waals surface area contributed by atoms with Crippen molar-refractivity contribution in [1.29, 1.82) is 0 Å². The van der Waals surface area contributed by atoms with Crippen molar-refractivity contribution in [2.45, 2.75) is 17.7 Å². The molecule has 1 N–H and O–H groups in total. The van der Waals surface area contributed by atoms with Crippen molar-refractivity contribution in [2.24, 2.45) is 0 Å². The molecule has 1 aromatic carbocycles. The summed E-state index contributed by atoms with van der Waals surface area (Å²) in [5.74, 6) is -1.19. The number of hydrogen-bond acceptors (Lipinski definition) is 4. The van der Waals surface area contributed by atoms with Gasteiger partial charge in [0.1, 0.15) is 0 Å². The SMILES string of the molecule is O=C(O)c1cc(S(=O)(=O)N2CCCCO2)ccc1Br. The third kappa shape index (κ3) is 2.97. The molecule has 1 aliphatic heterocycles. The summed E-state index contributed by atoms with van der Waals surface area (Å²) in [4.78, 5) is 16.0. The van der Waals surface area contributed by atoms with Crippen LogP contribution in [-0.4, -0.2) is 37.1 Å². The van der Waals surface area contributed by atoms with Gasteiger partial charge in [0.05, 0.1) is 17.1 Å². The van der Waals surface area contributed by atoms with E-state index < -0.39 is 16.0 Å². The van der Waals surface area contributed by atoms with E-state index in [9.17, 15) is 13.2 Å². The minimum Gasteiger partial charge on any atom is -0.478 e. The van der Waals surface area contributed by atoms with Crippen LogP contribution in [0.25, 0.3) is 0 Å². The van der Waals surface area contributed by atoms with Crippen LogP contribution in [0.4, 0.5) is 0 Å². The fraction of sp³-hybridized carbons (Fsp3) is 0.364. The first-order valence-electron chi connectivity index (χ1n) is 5.61. The molecule has 0 saturated carbocycles. The first kappa shape index (κ1) is 14.4. The van der Waals surface area contributed by atoms with Crippen LogP contribution in [-0.2, 0) is 14.9 Å². The summed E-state index contributed by atoms with van der Waals surface area (Å²) in [7, 11) is -3.81. The average Bonchev–Trinajstić information content (AvgIpc) is 2.39. The van der Waals surface area contributed by atoms with Crippen LogP contribution in [0.1, 0.15) is 23.2 Å². The highest BCUT2D eigenvalue weighted by Crippen LogP contribution is 2.24. The molecule has 0 bridgehead atoms. The van der Waals surface area contributed by atoms with Crippen LogP contribution in [0.5, 0.6) is 0 Å². The van der Waals surface area contributed by atoms with E-state index in [2.05, 4.69) is 15.9 Å². The molecule has 0 aliphatic carbocycles. The zero-order chi connectivity index (χ0) is 14.0. The van der Waals surface area contributed by atoms with E-state index in [-0.39, 0.29) is 17.0 Å². The Morgan fingerprint density at radius 2 is 2.11 bits per heavy atom. The molecule has 0 spiro atoms. The van der Waals surface area contributed by atoms with Crippen molar-refractivity contribution >= 4 is 31.9 Å². The van der Waals surface area contributed by atoms with E-state index in [4.69, 9.17) is 9.94 Å². The second-order valence-electron chi connectivity index (χ2n) is 4.02. The molecule has 0 amide bonds. The normalized spacial score (nSPS) is 17.3. The van der Waals surface area contributed by atoms with Crippen LogP contribution >= 0.6 is 15.9 Å². The highest BCUT2D eigenvalue weighted by molar-refractivity contribution is 9.10. The van der Waals surface area contributed by atoms with E-state index in [0.717, 1.165) is 23.4 Å². The molecule has 0 radical (unpaired) electrons. The molecule has 0 unspecified atom stereocenters. The van der Waals surface area contributed by atoms with Gasteiger partial charge in [0.2, 0.25) is 0 Å². The van der Waals surface area contributed by atoms with Crippen LogP contribution in [0.2, 0.25) is 0 Å². The molecular weight excluding hydrogens is 338 g/mol. The Morgan fingerprint density at radius 3 is 2.68 bits per heavy atom. The highest BCUT2D eigenvalue weighted by atomic mass is 79.9. The number of carboxylic acids is 1. The second-order valence-corrected chi connectivity index (χ2v) is 6.70. The maximum atomic E-state index is 12.3. The summed E-state index contributed by atoms with van der Waals surface area (Å²) in [6.45, 7) is 0.627. The van der Waals surface area contributed by atoms with Gasteiger partial charge in [0, 0.05) is 11.0 Å². The number of nitrogens with zero attached hydrogens (tertiary/aromatic N) is 1. The Balaban J connectivity index is 2.40. The van der Waals surface area contributed by atoms with Crippen molar-refractivity contribution in [3.8, 4) is 0 Å². The van der Waals surface area contributed by atoms with Crippen molar-refractivity contribution < 1.29 is 23.2 Å². The Hall–Kier alpha value is -0.960. The number of carbonyl (C=O) groups is 1. The first-order valence-corrected chi connectivity index (χ1v) is 7.85. The van der Waals surface area contributed by atoms with E-state index in [1.54, 1.807) is 0 Å². The number of carboxylic acid groups (broad SMARTS) is 1. The van der Waals surface area contributed by atoms with Gasteiger partial charge in [-0.25, -0.2) is 13.2 Å². The summed E-state index contributed by atoms with van der Waals surface area (Å²) >= 11 is 3.07. The largest absolute Gasteiger partial charge is 0.478 e. The summed E-state index contributed by atoms with van der Waals surface area (Å²) in [6.07, 6.45) is 1.54. The maximum Gasteiger partial charge on any atom is 0.336 e. The van der Waals surface area contributed by atoms with Gasteiger partial charge < -0.3 is 5.11 Å². The molecule has 1 saturated heterocycles. The third-order valence-corrected chi connectivity index (χ3v) is 5.07. The fourth-order valence-electron chi connectivity index (χ4n) is 1.71. The van der Waals surface area contributed by atoms with Gasteiger partial charge in [-0.3, -0.25) is 4.84 Å². The minimum atomic E-state index is -3.81. The maximum absolute atomic E-state index is 12.3. The molecule has 1 fully saturated rings. The lowest BCUT2D eigenvalue weighted by molar-refractivity contribution is -0.108. The van der Waals surface area contributed by atoms with Gasteiger partial charge in [-0.15, -0.1) is 0 Å². The summed E-state index contributed by atoms with van der Waals surface area (Å²) in [5, 5.41) is 9.00. The van der Waals surface area contributed by atoms with Crippen LogP contribution < -0.4 is 0 Å². The number of benzene rings is 1. The molecule has 0 atom stereocenters. The van der Waals surface area contributed by atoms with E-state index in [0.29, 0.717) is 11.1 Å². The molecule has 1 aromatic rings. The van der Waals surface area contributed by atoms with Crippen molar-refractivity contribution in [2.75, 3.05) is 13.2 Å². The molecule has 104 valence electrons. The van der Waals surface area contributed by atoms with Crippen LogP contribution in [0.3, 0.4) is 0 Å². The van der Waals surface area contributed by atoms with Crippen molar-refractivity contribution in [1.82, 2.24) is 4.47 Å². The lowest BCUT2D eigenvalue weighted by Crippen LogP contribution is -2.35. The number of rotatable bonds is 3. The monoisotopic (exact) mass is 349 g/mol. The fourth-order valence-corrected chi connectivity index (χ4v) is 3.45. The summed E-state index contributed by atoms with van der Waals surface area (Å²) < 4.78 is 25.8. The Labute approximate surface area is 119 Å². The molecule has 19 heavy (non-hydrogen) atoms. The average molecular weight is 350 g/mol. The highest BCUT2D eigenvalue weighted by Gasteiger charge is 2.28. The first-order chi connectivity index (χ1) is 8.93. The third-order valence-electron chi connectivity index (χ3n) is 2.70. The predicted molar refractivity (Wildman–Crippen MR) is 70.2 cm³/mol. The number of sulfonamides is 1. The molecule has 6 nitrogen and oxygen atoms in total. The molecule has 1 heterocycles. The molecule has 2 rings (SSSR count). The van der Waals surface area contributed by atoms with Gasteiger partial charge in [-0.05, 0) is 47.0 Å². The smallest absolute Gasteiger partial charge is 0.336 e. The van der Waals surface area contributed by atoms with Crippen LogP contribution in [0, 0.1) is 0 Å². The van der Waals surface area contributed by atoms with Gasteiger partial charge in [0.25, 0.3) is 10.0 Å². The topological polar surface area (TPSA) is 83.9 Å². The Bertz CT molecular complexity index is 595. The van der Waals surface area contributed by atoms with Gasteiger partial charge in [-0.1, -0.05) is 4.47 Å². The van der Waals surface area contributed by atoms with Gasteiger partial charge in [0.15, 0.2) is 0 Å². The minimum absolute atomic E-state index is 0.0880. The van der Waals surface area contributed by atoms with Crippen molar-refractivity contribution in [3.05, 3.63) is 28.2 Å². The predicted octanol–water partition coefficient (Wildman–Crippen LogP) is 1.86. The second kappa shape index (κ2) is 5.58. The van der Waals surface area contributed by atoms with E-state index in [1.807, 2.05) is 0 Å². The number of hydrogen-bond donors (Lipinski definition) is 1. The zero-order valence-electron chi connectivity index (χ0n) is 9.87. The molecule has 1 aliphatic rings. The van der Waals surface area contributed by atoms with E-state index >= 15 is 0 Å². The number of hydroxylamine groups is 1. The quantitative estimate of drug-likeness (QED) is 0.900. The number of halogens is 1. The lowest BCUT2D eigenvalue weighted by Gasteiger charge is -2.25. The standard InChI is InChI=1S/C11H12BrNO5S/c12-10-4-3-8(7-9(10)11(14)15)19(16,17)13-5-1-2-6-18-13/h3-4,7H,1-2,5-6H2,(H,14,15). The number of aromatic carboxylic acids is 1. The Morgan fingerprint density at radius 1 is 1.37 bits per heavy atom. The summed E-state index contributed by atoms with van der Waals surface area (Å²) in [5.41, 5.74) is -0.0990. The molecule has 0 aromatic heterocycles.